The number of aliphatic carboxylic acids is 1. The minimum Gasteiger partial charge on any atom is -0.480 e. The Balaban J connectivity index is 2.69. The lowest BCUT2D eigenvalue weighted by atomic mass is 9.72. The number of rotatable bonds is 7. The zero-order valence-electron chi connectivity index (χ0n) is 16.1. The molecule has 0 aromatic heterocycles. The molecule has 3 heteroatoms. The van der Waals surface area contributed by atoms with Gasteiger partial charge >= 0.3 is 5.97 Å². The minimum absolute atomic E-state index is 0.268. The van der Waals surface area contributed by atoms with Gasteiger partial charge in [-0.05, 0) is 57.4 Å². The van der Waals surface area contributed by atoms with E-state index in [0.717, 1.165) is 5.57 Å². The molecule has 1 unspecified atom stereocenters. The van der Waals surface area contributed by atoms with Crippen LogP contribution in [-0.4, -0.2) is 15.9 Å². The fraction of sp³-hybridized carbons (Fsp3) is 0.500. The van der Waals surface area contributed by atoms with Crippen LogP contribution in [-0.2, 0) is 4.79 Å². The smallest absolute Gasteiger partial charge is 0.317 e. The summed E-state index contributed by atoms with van der Waals surface area (Å²) in [5.41, 5.74) is 5.52. The van der Waals surface area contributed by atoms with E-state index >= 15 is 0 Å². The first kappa shape index (κ1) is 21.7. The summed E-state index contributed by atoms with van der Waals surface area (Å²) in [4.78, 5) is 10.2. The first-order valence-electron chi connectivity index (χ1n) is 8.90. The first-order chi connectivity index (χ1) is 11.6. The lowest BCUT2D eigenvalue weighted by molar-refractivity contribution is -0.136. The third-order valence-electron chi connectivity index (χ3n) is 4.69. The summed E-state index contributed by atoms with van der Waals surface area (Å²) in [6.45, 7) is 11.0. The maximum atomic E-state index is 10.8. The van der Waals surface area contributed by atoms with Crippen LogP contribution in [0.2, 0.25) is 0 Å². The van der Waals surface area contributed by atoms with Crippen molar-refractivity contribution in [1.29, 1.82) is 0 Å². The highest BCUT2D eigenvalue weighted by molar-refractivity contribution is 9.10. The van der Waals surface area contributed by atoms with Crippen LogP contribution in [0.25, 0.3) is 0 Å². The Hall–Kier alpha value is -1.35. The van der Waals surface area contributed by atoms with Crippen LogP contribution in [0.4, 0.5) is 0 Å². The second-order valence-electron chi connectivity index (χ2n) is 7.52. The highest BCUT2D eigenvalue weighted by Gasteiger charge is 2.26. The van der Waals surface area contributed by atoms with Gasteiger partial charge < -0.3 is 5.11 Å². The molecule has 0 spiro atoms. The Labute approximate surface area is 161 Å². The molecule has 0 radical (unpaired) electrons. The molecule has 0 bridgehead atoms. The minimum atomic E-state index is -0.829. The summed E-state index contributed by atoms with van der Waals surface area (Å²) < 4.78 is 0. The summed E-state index contributed by atoms with van der Waals surface area (Å²) in [5, 5.41) is 8.85. The Morgan fingerprint density at radius 3 is 2.56 bits per heavy atom. The van der Waals surface area contributed by atoms with E-state index in [2.05, 4.69) is 61.9 Å². The van der Waals surface area contributed by atoms with Crippen molar-refractivity contribution >= 4 is 21.9 Å². The monoisotopic (exact) mass is 406 g/mol. The van der Waals surface area contributed by atoms with Gasteiger partial charge in [0.25, 0.3) is 0 Å². The van der Waals surface area contributed by atoms with Crippen molar-refractivity contribution in [2.75, 3.05) is 0 Å². The SMILES string of the molecule is CC(C=CC1=C(C)CCCC1(C)C)=CC=CC(C)=CCC(Br)C(=O)O. The largest absolute Gasteiger partial charge is 0.480 e. The number of carboxylic acid groups (broad SMARTS) is 1. The van der Waals surface area contributed by atoms with Crippen LogP contribution in [0.1, 0.15) is 60.3 Å². The molecular formula is C22H31BrO2. The van der Waals surface area contributed by atoms with E-state index in [4.69, 9.17) is 5.11 Å². The van der Waals surface area contributed by atoms with Crippen molar-refractivity contribution < 1.29 is 9.90 Å². The van der Waals surface area contributed by atoms with E-state index in [1.165, 1.54) is 36.0 Å². The fourth-order valence-corrected chi connectivity index (χ4v) is 3.28. The highest BCUT2D eigenvalue weighted by atomic mass is 79.9. The van der Waals surface area contributed by atoms with Gasteiger partial charge in [0.2, 0.25) is 0 Å². The molecule has 0 saturated carbocycles. The summed E-state index contributed by atoms with van der Waals surface area (Å²) in [6, 6.07) is 0. The zero-order chi connectivity index (χ0) is 19.0. The third kappa shape index (κ3) is 7.60. The molecule has 25 heavy (non-hydrogen) atoms. The molecule has 0 aromatic rings. The second-order valence-corrected chi connectivity index (χ2v) is 8.63. The van der Waals surface area contributed by atoms with E-state index in [-0.39, 0.29) is 5.41 Å². The van der Waals surface area contributed by atoms with Crippen molar-refractivity contribution in [3.63, 3.8) is 0 Å². The van der Waals surface area contributed by atoms with Gasteiger partial charge in [-0.2, -0.15) is 0 Å². The zero-order valence-corrected chi connectivity index (χ0v) is 17.7. The molecule has 2 nitrogen and oxygen atoms in total. The van der Waals surface area contributed by atoms with Crippen LogP contribution >= 0.6 is 15.9 Å². The molecule has 0 amide bonds. The van der Waals surface area contributed by atoms with Crippen molar-refractivity contribution in [3.05, 3.63) is 58.7 Å². The quantitative estimate of drug-likeness (QED) is 0.374. The van der Waals surface area contributed by atoms with Crippen LogP contribution < -0.4 is 0 Å². The maximum absolute atomic E-state index is 10.8. The maximum Gasteiger partial charge on any atom is 0.317 e. The molecule has 1 aliphatic rings. The van der Waals surface area contributed by atoms with Gasteiger partial charge in [0, 0.05) is 0 Å². The molecule has 0 aromatic carbocycles. The van der Waals surface area contributed by atoms with Gasteiger partial charge in [0.1, 0.15) is 4.83 Å². The van der Waals surface area contributed by atoms with Gasteiger partial charge in [-0.1, -0.05) is 83.0 Å². The molecule has 0 aliphatic heterocycles. The summed E-state index contributed by atoms with van der Waals surface area (Å²) in [6.07, 6.45) is 16.7. The number of carbonyl (C=O) groups is 1. The van der Waals surface area contributed by atoms with Gasteiger partial charge in [0.15, 0.2) is 0 Å². The fourth-order valence-electron chi connectivity index (χ4n) is 3.09. The van der Waals surface area contributed by atoms with Crippen molar-refractivity contribution in [1.82, 2.24) is 0 Å². The molecule has 0 saturated heterocycles. The Morgan fingerprint density at radius 2 is 1.96 bits per heavy atom. The van der Waals surface area contributed by atoms with Crippen LogP contribution in [0.3, 0.4) is 0 Å². The summed E-state index contributed by atoms with van der Waals surface area (Å²) in [5.74, 6) is -0.829. The standard InChI is InChI=1S/C22H31BrO2/c1-16(8-6-9-17(2)12-14-20(23)21(24)25)11-13-19-18(3)10-7-15-22(19,4)5/h6,8-9,11-13,20H,7,10,14-15H2,1-5H3,(H,24,25). The van der Waals surface area contributed by atoms with Gasteiger partial charge in [-0.15, -0.1) is 0 Å². The van der Waals surface area contributed by atoms with E-state index < -0.39 is 10.8 Å². The molecule has 138 valence electrons. The summed E-state index contributed by atoms with van der Waals surface area (Å²) >= 11 is 3.14. The number of alkyl halides is 1. The lowest BCUT2D eigenvalue weighted by Gasteiger charge is -2.32. The number of allylic oxidation sites excluding steroid dienone is 10. The van der Waals surface area contributed by atoms with Crippen molar-refractivity contribution in [2.45, 2.75) is 65.1 Å². The van der Waals surface area contributed by atoms with Gasteiger partial charge in [-0.3, -0.25) is 4.79 Å². The van der Waals surface area contributed by atoms with E-state index in [0.29, 0.717) is 6.42 Å². The Morgan fingerprint density at radius 1 is 1.28 bits per heavy atom. The van der Waals surface area contributed by atoms with Crippen LogP contribution in [0.15, 0.2) is 58.7 Å². The number of hydrogen-bond donors (Lipinski definition) is 1. The topological polar surface area (TPSA) is 37.3 Å². The number of carboxylic acids is 1. The average molecular weight is 407 g/mol. The van der Waals surface area contributed by atoms with E-state index in [1.54, 1.807) is 0 Å². The molecule has 1 aliphatic carbocycles. The molecule has 1 rings (SSSR count). The van der Waals surface area contributed by atoms with E-state index in [9.17, 15) is 4.79 Å². The Bertz CT molecular complexity index is 630. The van der Waals surface area contributed by atoms with Gasteiger partial charge in [-0.25, -0.2) is 0 Å². The van der Waals surface area contributed by atoms with Crippen LogP contribution in [0, 0.1) is 5.41 Å². The second kappa shape index (κ2) is 9.96. The highest BCUT2D eigenvalue weighted by Crippen LogP contribution is 2.40. The van der Waals surface area contributed by atoms with Crippen molar-refractivity contribution in [3.8, 4) is 0 Å². The molecule has 1 atom stereocenters. The predicted molar refractivity (Wildman–Crippen MR) is 111 cm³/mol. The van der Waals surface area contributed by atoms with Crippen LogP contribution in [0.5, 0.6) is 0 Å². The van der Waals surface area contributed by atoms with Crippen molar-refractivity contribution in [2.24, 2.45) is 5.41 Å². The number of hydrogen-bond acceptors (Lipinski definition) is 1. The Kier molecular flexibility index (Phi) is 8.64. The molecule has 0 fully saturated rings. The first-order valence-corrected chi connectivity index (χ1v) is 9.82. The van der Waals surface area contributed by atoms with E-state index in [1.807, 2.05) is 25.2 Å². The molecule has 0 heterocycles. The predicted octanol–water partition coefficient (Wildman–Crippen LogP) is 6.76. The molecular weight excluding hydrogens is 376 g/mol. The molecule has 1 N–H and O–H groups in total. The van der Waals surface area contributed by atoms with Gasteiger partial charge in [0.05, 0.1) is 0 Å². The average Bonchev–Trinajstić information content (AvgIpc) is 2.51. The third-order valence-corrected chi connectivity index (χ3v) is 5.45. The summed E-state index contributed by atoms with van der Waals surface area (Å²) in [7, 11) is 0. The number of halogens is 1. The lowest BCUT2D eigenvalue weighted by Crippen LogP contribution is -2.19. The normalized spacial score (nSPS) is 20.6.